The average molecular weight is 231 g/mol. The number of nitrogens with two attached hydrogens (primary N) is 1. The Bertz CT molecular complexity index is 503. The first kappa shape index (κ1) is 11.2. The van der Waals surface area contributed by atoms with E-state index >= 15 is 0 Å². The standard InChI is InChI=1S/C12H13N3O2/c1-2-16-10-5-3-4-6-11(10)17-12-9(13)7-14-8-15-12/h3-8H,2,13H2,1H3. The van der Waals surface area contributed by atoms with Crippen LogP contribution in [0.5, 0.6) is 17.4 Å². The summed E-state index contributed by atoms with van der Waals surface area (Å²) < 4.78 is 11.0. The van der Waals surface area contributed by atoms with Crippen molar-refractivity contribution in [1.29, 1.82) is 0 Å². The van der Waals surface area contributed by atoms with Crippen molar-refractivity contribution in [2.45, 2.75) is 6.92 Å². The number of aromatic nitrogens is 2. The second-order valence-electron chi connectivity index (χ2n) is 3.27. The first-order valence-electron chi connectivity index (χ1n) is 5.26. The van der Waals surface area contributed by atoms with E-state index < -0.39 is 0 Å². The molecule has 0 aliphatic carbocycles. The number of rotatable bonds is 4. The molecule has 88 valence electrons. The number of para-hydroxylation sites is 2. The van der Waals surface area contributed by atoms with Crippen LogP contribution in [0.15, 0.2) is 36.8 Å². The Balaban J connectivity index is 2.27. The van der Waals surface area contributed by atoms with Crippen LogP contribution in [0.4, 0.5) is 5.69 Å². The Kier molecular flexibility index (Phi) is 3.40. The summed E-state index contributed by atoms with van der Waals surface area (Å²) in [6, 6.07) is 7.36. The van der Waals surface area contributed by atoms with Crippen LogP contribution in [0, 0.1) is 0 Å². The Morgan fingerprint density at radius 1 is 1.24 bits per heavy atom. The first-order chi connectivity index (χ1) is 8.31. The van der Waals surface area contributed by atoms with Gasteiger partial charge in [0.15, 0.2) is 11.5 Å². The molecule has 17 heavy (non-hydrogen) atoms. The maximum atomic E-state index is 5.70. The number of hydrogen-bond acceptors (Lipinski definition) is 5. The van der Waals surface area contributed by atoms with Gasteiger partial charge in [0.2, 0.25) is 5.88 Å². The van der Waals surface area contributed by atoms with Crippen molar-refractivity contribution in [2.75, 3.05) is 12.3 Å². The third-order valence-electron chi connectivity index (χ3n) is 2.06. The van der Waals surface area contributed by atoms with Gasteiger partial charge in [0, 0.05) is 0 Å². The van der Waals surface area contributed by atoms with Gasteiger partial charge in [0.25, 0.3) is 0 Å². The molecule has 1 aromatic carbocycles. The number of ether oxygens (including phenoxy) is 2. The maximum absolute atomic E-state index is 5.70. The molecule has 0 aliphatic rings. The fourth-order valence-electron chi connectivity index (χ4n) is 1.33. The normalized spacial score (nSPS) is 9.94. The molecular weight excluding hydrogens is 218 g/mol. The third kappa shape index (κ3) is 2.63. The molecule has 1 aromatic heterocycles. The van der Waals surface area contributed by atoms with Gasteiger partial charge in [0.05, 0.1) is 12.8 Å². The maximum Gasteiger partial charge on any atom is 0.245 e. The number of benzene rings is 1. The van der Waals surface area contributed by atoms with Crippen LogP contribution >= 0.6 is 0 Å². The van der Waals surface area contributed by atoms with Gasteiger partial charge in [-0.25, -0.2) is 4.98 Å². The van der Waals surface area contributed by atoms with Crippen LogP contribution in [0.25, 0.3) is 0 Å². The Labute approximate surface area is 99.2 Å². The SMILES string of the molecule is CCOc1ccccc1Oc1ncncc1N. The number of hydrogen-bond donors (Lipinski definition) is 1. The first-order valence-corrected chi connectivity index (χ1v) is 5.26. The highest BCUT2D eigenvalue weighted by Gasteiger charge is 2.08. The van der Waals surface area contributed by atoms with E-state index in [1.807, 2.05) is 25.1 Å². The van der Waals surface area contributed by atoms with Gasteiger partial charge in [-0.3, -0.25) is 0 Å². The summed E-state index contributed by atoms with van der Waals surface area (Å²) in [7, 11) is 0. The van der Waals surface area contributed by atoms with Crippen molar-refractivity contribution < 1.29 is 9.47 Å². The lowest BCUT2D eigenvalue weighted by atomic mass is 10.3. The van der Waals surface area contributed by atoms with Crippen molar-refractivity contribution in [3.8, 4) is 17.4 Å². The smallest absolute Gasteiger partial charge is 0.245 e. The molecule has 0 amide bonds. The van der Waals surface area contributed by atoms with E-state index in [0.717, 1.165) is 0 Å². The van der Waals surface area contributed by atoms with E-state index in [1.54, 1.807) is 6.07 Å². The summed E-state index contributed by atoms with van der Waals surface area (Å²) in [5.74, 6) is 1.57. The van der Waals surface area contributed by atoms with Gasteiger partial charge in [0.1, 0.15) is 12.0 Å². The van der Waals surface area contributed by atoms with Crippen molar-refractivity contribution in [3.63, 3.8) is 0 Å². The van der Waals surface area contributed by atoms with Crippen LogP contribution in [-0.4, -0.2) is 16.6 Å². The third-order valence-corrected chi connectivity index (χ3v) is 2.06. The number of nitrogen functional groups attached to an aromatic ring is 1. The van der Waals surface area contributed by atoms with Crippen LogP contribution in [0.3, 0.4) is 0 Å². The zero-order valence-corrected chi connectivity index (χ0v) is 9.46. The summed E-state index contributed by atoms with van der Waals surface area (Å²) >= 11 is 0. The Morgan fingerprint density at radius 3 is 2.71 bits per heavy atom. The minimum absolute atomic E-state index is 0.326. The second kappa shape index (κ2) is 5.16. The summed E-state index contributed by atoms with van der Waals surface area (Å²) in [5.41, 5.74) is 6.09. The minimum Gasteiger partial charge on any atom is -0.490 e. The highest BCUT2D eigenvalue weighted by atomic mass is 16.5. The zero-order chi connectivity index (χ0) is 12.1. The Morgan fingerprint density at radius 2 is 2.00 bits per heavy atom. The summed E-state index contributed by atoms with van der Waals surface area (Å²) in [5, 5.41) is 0. The largest absolute Gasteiger partial charge is 0.490 e. The number of nitrogens with zero attached hydrogens (tertiary/aromatic N) is 2. The van der Waals surface area contributed by atoms with Crippen molar-refractivity contribution in [3.05, 3.63) is 36.8 Å². The number of anilines is 1. The second-order valence-corrected chi connectivity index (χ2v) is 3.27. The molecule has 2 N–H and O–H groups in total. The predicted octanol–water partition coefficient (Wildman–Crippen LogP) is 2.25. The van der Waals surface area contributed by atoms with Crippen LogP contribution < -0.4 is 15.2 Å². The van der Waals surface area contributed by atoms with Gasteiger partial charge in [-0.05, 0) is 19.1 Å². The van der Waals surface area contributed by atoms with Crippen LogP contribution in [-0.2, 0) is 0 Å². The monoisotopic (exact) mass is 231 g/mol. The van der Waals surface area contributed by atoms with E-state index in [9.17, 15) is 0 Å². The molecule has 0 unspecified atom stereocenters. The highest BCUT2D eigenvalue weighted by Crippen LogP contribution is 2.32. The van der Waals surface area contributed by atoms with Crippen molar-refractivity contribution >= 4 is 5.69 Å². The van der Waals surface area contributed by atoms with E-state index in [2.05, 4.69) is 9.97 Å². The molecule has 0 aliphatic heterocycles. The molecule has 2 aromatic rings. The molecule has 0 saturated heterocycles. The lowest BCUT2D eigenvalue weighted by molar-refractivity contribution is 0.319. The van der Waals surface area contributed by atoms with Gasteiger partial charge in [-0.1, -0.05) is 12.1 Å². The topological polar surface area (TPSA) is 70.3 Å². The summed E-state index contributed by atoms with van der Waals surface area (Å²) in [6.07, 6.45) is 2.88. The molecule has 0 spiro atoms. The Hall–Kier alpha value is -2.30. The van der Waals surface area contributed by atoms with E-state index in [1.165, 1.54) is 12.5 Å². The average Bonchev–Trinajstić information content (AvgIpc) is 2.35. The molecule has 0 radical (unpaired) electrons. The van der Waals surface area contributed by atoms with Gasteiger partial charge in [-0.15, -0.1) is 0 Å². The lowest BCUT2D eigenvalue weighted by Crippen LogP contribution is -1.98. The van der Waals surface area contributed by atoms with Gasteiger partial charge < -0.3 is 15.2 Å². The van der Waals surface area contributed by atoms with E-state index in [0.29, 0.717) is 29.7 Å². The predicted molar refractivity (Wildman–Crippen MR) is 64.1 cm³/mol. The van der Waals surface area contributed by atoms with Gasteiger partial charge in [-0.2, -0.15) is 4.98 Å². The minimum atomic E-state index is 0.326. The molecule has 0 bridgehead atoms. The fraction of sp³-hybridized carbons (Fsp3) is 0.167. The zero-order valence-electron chi connectivity index (χ0n) is 9.46. The molecule has 0 fully saturated rings. The van der Waals surface area contributed by atoms with Crippen LogP contribution in [0.1, 0.15) is 6.92 Å². The lowest BCUT2D eigenvalue weighted by Gasteiger charge is -2.11. The van der Waals surface area contributed by atoms with E-state index in [4.69, 9.17) is 15.2 Å². The summed E-state index contributed by atoms with van der Waals surface area (Å²) in [4.78, 5) is 7.76. The fourth-order valence-corrected chi connectivity index (χ4v) is 1.33. The summed E-state index contributed by atoms with van der Waals surface area (Å²) in [6.45, 7) is 2.48. The molecule has 5 heteroatoms. The van der Waals surface area contributed by atoms with Crippen molar-refractivity contribution in [1.82, 2.24) is 9.97 Å². The van der Waals surface area contributed by atoms with Gasteiger partial charge >= 0.3 is 0 Å². The molecule has 1 heterocycles. The van der Waals surface area contributed by atoms with E-state index in [-0.39, 0.29) is 0 Å². The molecule has 2 rings (SSSR count). The van der Waals surface area contributed by atoms with Crippen LogP contribution in [0.2, 0.25) is 0 Å². The molecule has 0 atom stereocenters. The molecule has 0 saturated carbocycles. The molecular formula is C12H13N3O2. The quantitative estimate of drug-likeness (QED) is 0.873. The highest BCUT2D eigenvalue weighted by molar-refractivity contribution is 5.49. The molecule has 5 nitrogen and oxygen atoms in total. The van der Waals surface area contributed by atoms with Crippen molar-refractivity contribution in [2.24, 2.45) is 0 Å².